The van der Waals surface area contributed by atoms with Crippen LogP contribution in [0.1, 0.15) is 25.8 Å². The summed E-state index contributed by atoms with van der Waals surface area (Å²) in [4.78, 5) is 11.4. The number of carbonyl (C=O) groups excluding carboxylic acids is 1. The van der Waals surface area contributed by atoms with E-state index >= 15 is 0 Å². The Balaban J connectivity index is 2.02. The van der Waals surface area contributed by atoms with Crippen molar-refractivity contribution in [3.05, 3.63) is 23.8 Å². The number of anilines is 1. The number of nitrogens with one attached hydrogen (secondary N) is 1. The maximum absolute atomic E-state index is 11.4. The molecule has 0 spiro atoms. The standard InChI is InChI=1S/C15H20BrNO2/c1-10(2)12(8-16)9-19-13-5-3-11-4-6-15(18)17-14(11)7-13/h3,5,7,10,12H,4,6,8-9H2,1-2H3,(H,17,18). The summed E-state index contributed by atoms with van der Waals surface area (Å²) in [5, 5.41) is 3.83. The van der Waals surface area contributed by atoms with Crippen molar-refractivity contribution in [3.8, 4) is 5.75 Å². The predicted molar refractivity (Wildman–Crippen MR) is 81.0 cm³/mol. The largest absolute Gasteiger partial charge is 0.493 e. The zero-order valence-electron chi connectivity index (χ0n) is 11.4. The van der Waals surface area contributed by atoms with Gasteiger partial charge in [0.1, 0.15) is 5.75 Å². The van der Waals surface area contributed by atoms with Crippen LogP contribution in [0.5, 0.6) is 5.75 Å². The maximum Gasteiger partial charge on any atom is 0.224 e. The first-order valence-electron chi connectivity index (χ1n) is 6.71. The van der Waals surface area contributed by atoms with E-state index < -0.39 is 0 Å². The van der Waals surface area contributed by atoms with Crippen molar-refractivity contribution < 1.29 is 9.53 Å². The molecular formula is C15H20BrNO2. The monoisotopic (exact) mass is 325 g/mol. The number of hydrogen-bond acceptors (Lipinski definition) is 2. The van der Waals surface area contributed by atoms with E-state index in [9.17, 15) is 4.79 Å². The fourth-order valence-electron chi connectivity index (χ4n) is 2.06. The van der Waals surface area contributed by atoms with E-state index in [2.05, 4.69) is 35.1 Å². The van der Waals surface area contributed by atoms with Crippen LogP contribution in [0, 0.1) is 11.8 Å². The third-order valence-electron chi connectivity index (χ3n) is 3.58. The quantitative estimate of drug-likeness (QED) is 0.840. The minimum Gasteiger partial charge on any atom is -0.493 e. The molecule has 1 amide bonds. The fourth-order valence-corrected chi connectivity index (χ4v) is 2.99. The van der Waals surface area contributed by atoms with Crippen molar-refractivity contribution in [1.82, 2.24) is 0 Å². The first kappa shape index (κ1) is 14.4. The summed E-state index contributed by atoms with van der Waals surface area (Å²) in [6.07, 6.45) is 1.39. The SMILES string of the molecule is CC(C)C(CBr)COc1ccc2c(c1)NC(=O)CC2. The minimum absolute atomic E-state index is 0.0881. The Bertz CT molecular complexity index is 459. The molecule has 0 radical (unpaired) electrons. The third kappa shape index (κ3) is 3.72. The van der Waals surface area contributed by atoms with Crippen molar-refractivity contribution in [2.24, 2.45) is 11.8 Å². The second kappa shape index (κ2) is 6.42. The van der Waals surface area contributed by atoms with E-state index in [1.54, 1.807) is 0 Å². The number of fused-ring (bicyclic) bond motifs is 1. The molecule has 1 aromatic rings. The predicted octanol–water partition coefficient (Wildman–Crippen LogP) is 3.62. The highest BCUT2D eigenvalue weighted by atomic mass is 79.9. The Kier molecular flexibility index (Phi) is 4.86. The molecule has 1 unspecified atom stereocenters. The van der Waals surface area contributed by atoms with Gasteiger partial charge in [0.25, 0.3) is 0 Å². The van der Waals surface area contributed by atoms with E-state index in [4.69, 9.17) is 4.74 Å². The van der Waals surface area contributed by atoms with Crippen LogP contribution in [0.3, 0.4) is 0 Å². The Labute approximate surface area is 122 Å². The van der Waals surface area contributed by atoms with Crippen LogP contribution in [-0.4, -0.2) is 17.8 Å². The molecule has 0 saturated carbocycles. The molecule has 1 aromatic carbocycles. The zero-order chi connectivity index (χ0) is 13.8. The molecule has 0 fully saturated rings. The van der Waals surface area contributed by atoms with Gasteiger partial charge in [-0.05, 0) is 24.0 Å². The van der Waals surface area contributed by atoms with Gasteiger partial charge < -0.3 is 10.1 Å². The highest BCUT2D eigenvalue weighted by molar-refractivity contribution is 9.09. The van der Waals surface area contributed by atoms with Crippen molar-refractivity contribution >= 4 is 27.5 Å². The Morgan fingerprint density at radius 2 is 2.16 bits per heavy atom. The Morgan fingerprint density at radius 3 is 2.84 bits per heavy atom. The topological polar surface area (TPSA) is 38.3 Å². The molecule has 1 heterocycles. The van der Waals surface area contributed by atoms with E-state index in [1.807, 2.05) is 18.2 Å². The fraction of sp³-hybridized carbons (Fsp3) is 0.533. The summed E-state index contributed by atoms with van der Waals surface area (Å²) < 4.78 is 5.84. The Morgan fingerprint density at radius 1 is 1.37 bits per heavy atom. The number of alkyl halides is 1. The van der Waals surface area contributed by atoms with E-state index in [0.717, 1.165) is 23.2 Å². The second-order valence-corrected chi connectivity index (χ2v) is 5.98. The van der Waals surface area contributed by atoms with Gasteiger partial charge in [0, 0.05) is 29.4 Å². The molecule has 1 atom stereocenters. The lowest BCUT2D eigenvalue weighted by Gasteiger charge is -2.21. The maximum atomic E-state index is 11.4. The molecule has 3 nitrogen and oxygen atoms in total. The van der Waals surface area contributed by atoms with Crippen LogP contribution in [0.2, 0.25) is 0 Å². The molecule has 0 aliphatic carbocycles. The van der Waals surface area contributed by atoms with Gasteiger partial charge in [0.2, 0.25) is 5.91 Å². The summed E-state index contributed by atoms with van der Waals surface area (Å²) in [5.41, 5.74) is 2.08. The summed E-state index contributed by atoms with van der Waals surface area (Å²) >= 11 is 3.52. The molecule has 1 aliphatic rings. The highest BCUT2D eigenvalue weighted by Gasteiger charge is 2.16. The van der Waals surface area contributed by atoms with Crippen LogP contribution >= 0.6 is 15.9 Å². The van der Waals surface area contributed by atoms with Gasteiger partial charge >= 0.3 is 0 Å². The second-order valence-electron chi connectivity index (χ2n) is 5.34. The number of amides is 1. The van der Waals surface area contributed by atoms with Crippen LogP contribution < -0.4 is 10.1 Å². The smallest absolute Gasteiger partial charge is 0.224 e. The molecule has 0 saturated heterocycles. The summed E-state index contributed by atoms with van der Waals surface area (Å²) in [6, 6.07) is 5.96. The van der Waals surface area contributed by atoms with Gasteiger partial charge in [0.05, 0.1) is 6.61 Å². The number of aryl methyl sites for hydroxylation is 1. The highest BCUT2D eigenvalue weighted by Crippen LogP contribution is 2.27. The van der Waals surface area contributed by atoms with Crippen molar-refractivity contribution in [2.75, 3.05) is 17.3 Å². The molecular weight excluding hydrogens is 306 g/mol. The lowest BCUT2D eigenvalue weighted by Crippen LogP contribution is -2.20. The molecule has 104 valence electrons. The first-order chi connectivity index (χ1) is 9.10. The molecule has 1 aliphatic heterocycles. The summed E-state index contributed by atoms with van der Waals surface area (Å²) in [6.45, 7) is 5.08. The van der Waals surface area contributed by atoms with E-state index in [-0.39, 0.29) is 5.91 Å². The Hall–Kier alpha value is -1.03. The molecule has 19 heavy (non-hydrogen) atoms. The van der Waals surface area contributed by atoms with Crippen LogP contribution in [0.25, 0.3) is 0 Å². The van der Waals surface area contributed by atoms with Gasteiger partial charge in [-0.2, -0.15) is 0 Å². The normalized spacial score (nSPS) is 15.9. The summed E-state index contributed by atoms with van der Waals surface area (Å²) in [7, 11) is 0. The lowest BCUT2D eigenvalue weighted by atomic mass is 9.99. The van der Waals surface area contributed by atoms with Gasteiger partial charge in [-0.1, -0.05) is 35.8 Å². The minimum atomic E-state index is 0.0881. The molecule has 2 rings (SSSR count). The lowest BCUT2D eigenvalue weighted by molar-refractivity contribution is -0.116. The number of carbonyl (C=O) groups is 1. The van der Waals surface area contributed by atoms with Gasteiger partial charge in [-0.3, -0.25) is 4.79 Å². The first-order valence-corrected chi connectivity index (χ1v) is 7.84. The average Bonchev–Trinajstić information content (AvgIpc) is 2.38. The average molecular weight is 326 g/mol. The van der Waals surface area contributed by atoms with E-state index in [1.165, 1.54) is 5.56 Å². The number of benzene rings is 1. The number of ether oxygens (including phenoxy) is 1. The summed E-state index contributed by atoms with van der Waals surface area (Å²) in [5.74, 6) is 1.99. The van der Waals surface area contributed by atoms with Crippen LogP contribution in [0.4, 0.5) is 5.69 Å². The number of hydrogen-bond donors (Lipinski definition) is 1. The van der Waals surface area contributed by atoms with Gasteiger partial charge in [0.15, 0.2) is 0 Å². The molecule has 0 aromatic heterocycles. The number of halogens is 1. The van der Waals surface area contributed by atoms with Crippen LogP contribution in [0.15, 0.2) is 18.2 Å². The molecule has 1 N–H and O–H groups in total. The van der Waals surface area contributed by atoms with Crippen LogP contribution in [-0.2, 0) is 11.2 Å². The molecule has 0 bridgehead atoms. The van der Waals surface area contributed by atoms with E-state index in [0.29, 0.717) is 24.9 Å². The van der Waals surface area contributed by atoms with Crippen molar-refractivity contribution in [3.63, 3.8) is 0 Å². The van der Waals surface area contributed by atoms with Gasteiger partial charge in [-0.15, -0.1) is 0 Å². The van der Waals surface area contributed by atoms with Crippen molar-refractivity contribution in [2.45, 2.75) is 26.7 Å². The zero-order valence-corrected chi connectivity index (χ0v) is 13.0. The molecule has 4 heteroatoms. The number of rotatable bonds is 5. The van der Waals surface area contributed by atoms with Crippen molar-refractivity contribution in [1.29, 1.82) is 0 Å². The van der Waals surface area contributed by atoms with Gasteiger partial charge in [-0.25, -0.2) is 0 Å². The third-order valence-corrected chi connectivity index (χ3v) is 4.41.